The zero-order valence-corrected chi connectivity index (χ0v) is 13.9. The maximum atomic E-state index is 12.7. The molecule has 0 spiro atoms. The van der Waals surface area contributed by atoms with Crippen LogP contribution in [0.3, 0.4) is 0 Å². The fourth-order valence-corrected chi connectivity index (χ4v) is 4.85. The van der Waals surface area contributed by atoms with E-state index in [4.69, 9.17) is 11.6 Å². The molecule has 0 aliphatic carbocycles. The van der Waals surface area contributed by atoms with E-state index in [0.29, 0.717) is 19.6 Å². The Morgan fingerprint density at radius 2 is 1.89 bits per heavy atom. The molecular weight excluding hydrogens is 284 g/mol. The number of halogens is 1. The van der Waals surface area contributed by atoms with Crippen molar-refractivity contribution in [3.8, 4) is 0 Å². The molecule has 0 aromatic heterocycles. The monoisotopic (exact) mass is 310 g/mol. The molecule has 0 aromatic carbocycles. The maximum absolute atomic E-state index is 12.7. The minimum Gasteiger partial charge on any atom is -0.195 e. The van der Waals surface area contributed by atoms with Gasteiger partial charge in [-0.2, -0.15) is 17.0 Å². The average molecular weight is 311 g/mol. The van der Waals surface area contributed by atoms with Crippen molar-refractivity contribution in [2.24, 2.45) is 0 Å². The molecule has 2 atom stereocenters. The lowest BCUT2D eigenvalue weighted by molar-refractivity contribution is 0.278. The molecule has 0 N–H and O–H groups in total. The SMILES string of the molecule is CCN(CC)S(=O)(=O)N1CCCCCC1CC(C)Cl. The van der Waals surface area contributed by atoms with Crippen LogP contribution in [0.5, 0.6) is 0 Å². The highest BCUT2D eigenvalue weighted by atomic mass is 35.5. The molecule has 0 saturated carbocycles. The van der Waals surface area contributed by atoms with Gasteiger partial charge in [0.1, 0.15) is 0 Å². The summed E-state index contributed by atoms with van der Waals surface area (Å²) in [4.78, 5) is 0. The first-order valence-corrected chi connectivity index (χ1v) is 9.17. The molecule has 0 bridgehead atoms. The number of nitrogens with zero attached hydrogens (tertiary/aromatic N) is 2. The van der Waals surface area contributed by atoms with Crippen LogP contribution in [0.4, 0.5) is 0 Å². The summed E-state index contributed by atoms with van der Waals surface area (Å²) >= 11 is 6.09. The zero-order chi connectivity index (χ0) is 14.5. The van der Waals surface area contributed by atoms with Crippen molar-refractivity contribution in [3.63, 3.8) is 0 Å². The lowest BCUT2D eigenvalue weighted by Gasteiger charge is -2.33. The van der Waals surface area contributed by atoms with Gasteiger partial charge >= 0.3 is 0 Å². The quantitative estimate of drug-likeness (QED) is 0.708. The molecule has 0 aromatic rings. The van der Waals surface area contributed by atoms with Crippen LogP contribution in [-0.4, -0.2) is 48.1 Å². The Morgan fingerprint density at radius 3 is 2.42 bits per heavy atom. The largest absolute Gasteiger partial charge is 0.282 e. The molecule has 1 saturated heterocycles. The van der Waals surface area contributed by atoms with Crippen LogP contribution in [-0.2, 0) is 10.2 Å². The molecule has 19 heavy (non-hydrogen) atoms. The Hall–Kier alpha value is 0.160. The van der Waals surface area contributed by atoms with Crippen LogP contribution in [0, 0.1) is 0 Å². The van der Waals surface area contributed by atoms with Crippen molar-refractivity contribution in [2.75, 3.05) is 19.6 Å². The van der Waals surface area contributed by atoms with Gasteiger partial charge in [0.15, 0.2) is 0 Å². The van der Waals surface area contributed by atoms with Gasteiger partial charge in [-0.25, -0.2) is 0 Å². The fourth-order valence-electron chi connectivity index (χ4n) is 2.76. The molecule has 0 radical (unpaired) electrons. The molecule has 1 rings (SSSR count). The van der Waals surface area contributed by atoms with E-state index >= 15 is 0 Å². The van der Waals surface area contributed by atoms with Crippen molar-refractivity contribution in [3.05, 3.63) is 0 Å². The second kappa shape index (κ2) is 7.81. The second-order valence-corrected chi connectivity index (χ2v) is 7.85. The third-order valence-electron chi connectivity index (χ3n) is 3.75. The zero-order valence-electron chi connectivity index (χ0n) is 12.3. The smallest absolute Gasteiger partial charge is 0.195 e. The van der Waals surface area contributed by atoms with Crippen molar-refractivity contribution in [2.45, 2.75) is 64.3 Å². The fraction of sp³-hybridized carbons (Fsp3) is 1.00. The van der Waals surface area contributed by atoms with Crippen LogP contribution in [0.15, 0.2) is 0 Å². The highest BCUT2D eigenvalue weighted by Gasteiger charge is 2.34. The Balaban J connectivity index is 2.95. The van der Waals surface area contributed by atoms with E-state index in [9.17, 15) is 8.42 Å². The highest BCUT2D eigenvalue weighted by molar-refractivity contribution is 7.86. The highest BCUT2D eigenvalue weighted by Crippen LogP contribution is 2.26. The number of alkyl halides is 1. The summed E-state index contributed by atoms with van der Waals surface area (Å²) in [6.07, 6.45) is 4.82. The van der Waals surface area contributed by atoms with Gasteiger partial charge in [-0.15, -0.1) is 11.6 Å². The Bertz CT molecular complexity index is 356. The van der Waals surface area contributed by atoms with Crippen molar-refractivity contribution >= 4 is 21.8 Å². The summed E-state index contributed by atoms with van der Waals surface area (Å²) in [6, 6.07) is 0.0561. The van der Waals surface area contributed by atoms with Crippen molar-refractivity contribution in [1.82, 2.24) is 8.61 Å². The van der Waals surface area contributed by atoms with Gasteiger partial charge in [-0.1, -0.05) is 26.7 Å². The molecule has 2 unspecified atom stereocenters. The van der Waals surface area contributed by atoms with Crippen LogP contribution in [0.1, 0.15) is 52.9 Å². The van der Waals surface area contributed by atoms with E-state index in [1.807, 2.05) is 20.8 Å². The average Bonchev–Trinajstić information content (AvgIpc) is 2.55. The lowest BCUT2D eigenvalue weighted by atomic mass is 10.1. The summed E-state index contributed by atoms with van der Waals surface area (Å²) in [5.41, 5.74) is 0. The summed E-state index contributed by atoms with van der Waals surface area (Å²) in [5, 5.41) is 0.0116. The third kappa shape index (κ3) is 4.59. The predicted molar refractivity (Wildman–Crippen MR) is 80.7 cm³/mol. The Kier molecular flexibility index (Phi) is 7.08. The molecule has 1 aliphatic rings. The third-order valence-corrected chi connectivity index (χ3v) is 6.17. The Morgan fingerprint density at radius 1 is 1.26 bits per heavy atom. The van der Waals surface area contributed by atoms with Gasteiger partial charge in [0.25, 0.3) is 10.2 Å². The molecule has 1 fully saturated rings. The van der Waals surface area contributed by atoms with Crippen molar-refractivity contribution in [1.29, 1.82) is 0 Å². The summed E-state index contributed by atoms with van der Waals surface area (Å²) in [6.45, 7) is 7.40. The summed E-state index contributed by atoms with van der Waals surface area (Å²) < 4.78 is 28.6. The molecule has 1 heterocycles. The maximum Gasteiger partial charge on any atom is 0.282 e. The number of hydrogen-bond acceptors (Lipinski definition) is 2. The van der Waals surface area contributed by atoms with Crippen molar-refractivity contribution < 1.29 is 8.42 Å². The molecule has 1 aliphatic heterocycles. The van der Waals surface area contributed by atoms with Gasteiger partial charge in [0, 0.05) is 31.1 Å². The van der Waals surface area contributed by atoms with Crippen LogP contribution in [0.2, 0.25) is 0 Å². The van der Waals surface area contributed by atoms with E-state index in [2.05, 4.69) is 0 Å². The minimum absolute atomic E-state index is 0.0116. The Labute approximate surface area is 123 Å². The topological polar surface area (TPSA) is 40.6 Å². The number of rotatable bonds is 6. The van der Waals surface area contributed by atoms with Gasteiger partial charge in [-0.3, -0.25) is 0 Å². The van der Waals surface area contributed by atoms with E-state index in [1.54, 1.807) is 8.61 Å². The van der Waals surface area contributed by atoms with Gasteiger partial charge in [0.05, 0.1) is 0 Å². The standard InChI is InChI=1S/C13H27ClN2O2S/c1-4-15(5-2)19(17,18)16-10-8-6-7-9-13(16)11-12(3)14/h12-13H,4-11H2,1-3H3. The molecular formula is C13H27ClN2O2S. The first-order valence-electron chi connectivity index (χ1n) is 7.34. The summed E-state index contributed by atoms with van der Waals surface area (Å²) in [5.74, 6) is 0. The predicted octanol–water partition coefficient (Wildman–Crippen LogP) is 2.84. The molecule has 6 heteroatoms. The van der Waals surface area contributed by atoms with Gasteiger partial charge in [-0.05, 0) is 26.2 Å². The molecule has 0 amide bonds. The minimum atomic E-state index is -3.33. The van der Waals surface area contributed by atoms with Gasteiger partial charge in [0.2, 0.25) is 0 Å². The molecule has 114 valence electrons. The van der Waals surface area contributed by atoms with Gasteiger partial charge < -0.3 is 0 Å². The first kappa shape index (κ1) is 17.2. The first-order chi connectivity index (χ1) is 8.93. The normalized spacial score (nSPS) is 24.4. The van der Waals surface area contributed by atoms with Crippen LogP contribution in [0.25, 0.3) is 0 Å². The summed E-state index contributed by atoms with van der Waals surface area (Å²) in [7, 11) is -3.33. The second-order valence-electron chi connectivity index (χ2n) is 5.22. The molecule has 4 nitrogen and oxygen atoms in total. The lowest BCUT2D eigenvalue weighted by Crippen LogP contribution is -2.48. The van der Waals surface area contributed by atoms with E-state index in [0.717, 1.165) is 32.1 Å². The van der Waals surface area contributed by atoms with E-state index < -0.39 is 10.2 Å². The van der Waals surface area contributed by atoms with E-state index in [1.165, 1.54) is 0 Å². The van der Waals surface area contributed by atoms with E-state index in [-0.39, 0.29) is 11.4 Å². The van der Waals surface area contributed by atoms with Crippen LogP contribution >= 0.6 is 11.6 Å². The van der Waals surface area contributed by atoms with Crippen LogP contribution < -0.4 is 0 Å². The number of hydrogen-bond donors (Lipinski definition) is 0.